The molecule has 0 spiro atoms. The average molecular weight is 412 g/mol. The monoisotopic (exact) mass is 411 g/mol. The second-order valence-corrected chi connectivity index (χ2v) is 14.4. The molecule has 22 heavy (non-hydrogen) atoms. The van der Waals surface area contributed by atoms with Crippen molar-refractivity contribution in [3.8, 4) is 0 Å². The molecule has 0 saturated carbocycles. The topological polar surface area (TPSA) is 40.6 Å². The predicted octanol–water partition coefficient (Wildman–Crippen LogP) is 5.21. The maximum Gasteiger partial charge on any atom is 0.501 e. The Bertz CT molecular complexity index is 539. The molecule has 0 aliphatic carbocycles. The number of hydrogen-bond acceptors (Lipinski definition) is 9. The summed E-state index contributed by atoms with van der Waals surface area (Å²) in [5, 5.41) is 0. The standard InChI is InChI=1S/C12H17NO3S5Si/c1-14-22(15-2,16-3)9-8-17-20-21-19-12-13-10-6-4-5-7-11(10)18-12/h4-7H,8-9H2,1-3H3. The number of thiazole rings is 1. The van der Waals surface area contributed by atoms with Gasteiger partial charge in [0, 0.05) is 33.1 Å². The fourth-order valence-electron chi connectivity index (χ4n) is 1.71. The molecule has 2 rings (SSSR count). The van der Waals surface area contributed by atoms with Crippen LogP contribution in [-0.4, -0.2) is 40.9 Å². The van der Waals surface area contributed by atoms with Gasteiger partial charge < -0.3 is 13.3 Å². The zero-order valence-electron chi connectivity index (χ0n) is 12.4. The summed E-state index contributed by atoms with van der Waals surface area (Å²) in [6, 6.07) is 9.03. The van der Waals surface area contributed by atoms with Gasteiger partial charge in [-0.2, -0.15) is 0 Å². The summed E-state index contributed by atoms with van der Waals surface area (Å²) >= 11 is 1.73. The molecule has 1 aromatic heterocycles. The Balaban J connectivity index is 1.67. The van der Waals surface area contributed by atoms with Crippen LogP contribution >= 0.6 is 52.6 Å². The number of fused-ring (bicyclic) bond motifs is 1. The lowest BCUT2D eigenvalue weighted by Gasteiger charge is -2.23. The van der Waals surface area contributed by atoms with E-state index in [2.05, 4.69) is 11.1 Å². The fraction of sp³-hybridized carbons (Fsp3) is 0.417. The quantitative estimate of drug-likeness (QED) is 0.300. The minimum absolute atomic E-state index is 0.806. The van der Waals surface area contributed by atoms with E-state index >= 15 is 0 Å². The van der Waals surface area contributed by atoms with Gasteiger partial charge >= 0.3 is 8.80 Å². The lowest BCUT2D eigenvalue weighted by atomic mass is 10.3. The van der Waals surface area contributed by atoms with Gasteiger partial charge in [-0.25, -0.2) is 4.98 Å². The minimum atomic E-state index is -2.42. The summed E-state index contributed by atoms with van der Waals surface area (Å²) in [6.07, 6.45) is 0. The lowest BCUT2D eigenvalue weighted by molar-refractivity contribution is 0.125. The number of benzene rings is 1. The van der Waals surface area contributed by atoms with E-state index in [-0.39, 0.29) is 0 Å². The molecule has 0 radical (unpaired) electrons. The van der Waals surface area contributed by atoms with E-state index in [0.717, 1.165) is 21.7 Å². The molecule has 122 valence electrons. The van der Waals surface area contributed by atoms with Crippen molar-refractivity contribution in [1.82, 2.24) is 4.98 Å². The molecule has 4 nitrogen and oxygen atoms in total. The molecule has 0 aliphatic heterocycles. The van der Waals surface area contributed by atoms with Crippen LogP contribution < -0.4 is 0 Å². The van der Waals surface area contributed by atoms with Crippen LogP contribution in [0.1, 0.15) is 0 Å². The van der Waals surface area contributed by atoms with Gasteiger partial charge in [0.25, 0.3) is 0 Å². The Hall–Kier alpha value is 0.607. The van der Waals surface area contributed by atoms with Gasteiger partial charge in [-0.3, -0.25) is 0 Å². The van der Waals surface area contributed by atoms with Crippen LogP contribution in [0.15, 0.2) is 28.6 Å². The smallest absolute Gasteiger partial charge is 0.377 e. The first-order chi connectivity index (χ1) is 10.7. The largest absolute Gasteiger partial charge is 0.501 e. The molecule has 0 atom stereocenters. The van der Waals surface area contributed by atoms with Crippen molar-refractivity contribution in [3.05, 3.63) is 24.3 Å². The average Bonchev–Trinajstić information content (AvgIpc) is 2.98. The van der Waals surface area contributed by atoms with Crippen LogP contribution in [0.3, 0.4) is 0 Å². The van der Waals surface area contributed by atoms with Crippen LogP contribution in [0.25, 0.3) is 10.2 Å². The third kappa shape index (κ3) is 5.31. The van der Waals surface area contributed by atoms with Gasteiger partial charge in [0.15, 0.2) is 4.34 Å². The van der Waals surface area contributed by atoms with Gasteiger partial charge in [0.1, 0.15) is 0 Å². The van der Waals surface area contributed by atoms with Gasteiger partial charge in [0.05, 0.1) is 10.2 Å². The highest BCUT2D eigenvalue weighted by molar-refractivity contribution is 9.26. The summed E-state index contributed by atoms with van der Waals surface area (Å²) in [5.74, 6) is 0.930. The molecule has 0 amide bonds. The van der Waals surface area contributed by atoms with Crippen molar-refractivity contribution in [2.24, 2.45) is 0 Å². The van der Waals surface area contributed by atoms with Gasteiger partial charge in [-0.05, 0) is 42.6 Å². The fourth-order valence-corrected chi connectivity index (χ4v) is 11.6. The lowest BCUT2D eigenvalue weighted by Crippen LogP contribution is -2.43. The van der Waals surface area contributed by atoms with Crippen LogP contribution in [-0.2, 0) is 13.3 Å². The molecule has 0 bridgehead atoms. The number of aromatic nitrogens is 1. The highest BCUT2D eigenvalue weighted by atomic mass is 33.7. The van der Waals surface area contributed by atoms with Crippen LogP contribution in [0.2, 0.25) is 6.04 Å². The summed E-state index contributed by atoms with van der Waals surface area (Å²) in [7, 11) is 9.49. The molecular weight excluding hydrogens is 395 g/mol. The minimum Gasteiger partial charge on any atom is -0.377 e. The number of nitrogens with zero attached hydrogens (tertiary/aromatic N) is 1. The molecule has 0 aliphatic rings. The van der Waals surface area contributed by atoms with Crippen LogP contribution in [0.4, 0.5) is 0 Å². The van der Waals surface area contributed by atoms with E-state index in [4.69, 9.17) is 13.3 Å². The van der Waals surface area contributed by atoms with Crippen LogP contribution in [0, 0.1) is 0 Å². The summed E-state index contributed by atoms with van der Waals surface area (Å²) in [5.41, 5.74) is 1.07. The molecular formula is C12H17NO3S5Si. The van der Waals surface area contributed by atoms with E-state index < -0.39 is 8.80 Å². The molecule has 2 aromatic rings. The van der Waals surface area contributed by atoms with Gasteiger partial charge in [-0.15, -0.1) is 11.3 Å². The third-order valence-electron chi connectivity index (χ3n) is 2.88. The maximum absolute atomic E-state index is 5.40. The zero-order chi connectivity index (χ0) is 15.8. The van der Waals surface area contributed by atoms with Crippen molar-refractivity contribution in [1.29, 1.82) is 0 Å². The van der Waals surface area contributed by atoms with Crippen molar-refractivity contribution in [2.75, 3.05) is 27.1 Å². The first-order valence-electron chi connectivity index (χ1n) is 6.37. The van der Waals surface area contributed by atoms with Crippen molar-refractivity contribution in [3.63, 3.8) is 0 Å². The van der Waals surface area contributed by atoms with Crippen molar-refractivity contribution < 1.29 is 13.3 Å². The molecule has 0 unspecified atom stereocenters. The number of rotatable bonds is 10. The molecule has 10 heteroatoms. The third-order valence-corrected chi connectivity index (χ3v) is 13.6. The summed E-state index contributed by atoms with van der Waals surface area (Å²) < 4.78 is 18.5. The zero-order valence-corrected chi connectivity index (χ0v) is 17.5. The Morgan fingerprint density at radius 3 is 2.50 bits per heavy atom. The predicted molar refractivity (Wildman–Crippen MR) is 105 cm³/mol. The Labute approximate surface area is 151 Å². The normalized spacial score (nSPS) is 12.1. The van der Waals surface area contributed by atoms with E-state index in [1.807, 2.05) is 18.2 Å². The van der Waals surface area contributed by atoms with Gasteiger partial charge in [-0.1, -0.05) is 22.9 Å². The second kappa shape index (κ2) is 9.79. The number of para-hydroxylation sites is 1. The molecule has 1 aromatic carbocycles. The van der Waals surface area contributed by atoms with Crippen molar-refractivity contribution in [2.45, 2.75) is 10.4 Å². The summed E-state index contributed by atoms with van der Waals surface area (Å²) in [6.45, 7) is 0. The first-order valence-corrected chi connectivity index (χ1v) is 14.1. The molecule has 1 heterocycles. The molecule has 0 fully saturated rings. The Kier molecular flexibility index (Phi) is 8.43. The summed E-state index contributed by atoms with van der Waals surface area (Å²) in [4.78, 5) is 4.59. The molecule has 0 N–H and O–H groups in total. The van der Waals surface area contributed by atoms with E-state index in [1.165, 1.54) is 4.70 Å². The van der Waals surface area contributed by atoms with E-state index in [9.17, 15) is 0 Å². The number of hydrogen-bond donors (Lipinski definition) is 0. The molecule has 0 saturated heterocycles. The Morgan fingerprint density at radius 1 is 1.09 bits per heavy atom. The maximum atomic E-state index is 5.40. The van der Waals surface area contributed by atoms with Crippen molar-refractivity contribution >= 4 is 71.6 Å². The van der Waals surface area contributed by atoms with Crippen LogP contribution in [0.5, 0.6) is 0 Å². The second-order valence-electron chi connectivity index (χ2n) is 4.03. The van der Waals surface area contributed by atoms with E-state index in [1.54, 1.807) is 73.9 Å². The highest BCUT2D eigenvalue weighted by Crippen LogP contribution is 2.48. The Morgan fingerprint density at radius 2 is 1.82 bits per heavy atom. The highest BCUT2D eigenvalue weighted by Gasteiger charge is 2.37. The van der Waals surface area contributed by atoms with Gasteiger partial charge in [0.2, 0.25) is 0 Å². The first kappa shape index (κ1) is 18.9. The van der Waals surface area contributed by atoms with E-state index in [0.29, 0.717) is 0 Å². The SMILES string of the molecule is CO[Si](CCSSSSc1nc2ccccc2s1)(OC)OC.